The van der Waals surface area contributed by atoms with E-state index in [-0.39, 0.29) is 5.56 Å². The molecule has 0 fully saturated rings. The lowest BCUT2D eigenvalue weighted by Crippen LogP contribution is -1.95. The zero-order valence-corrected chi connectivity index (χ0v) is 16.5. The summed E-state index contributed by atoms with van der Waals surface area (Å²) in [6, 6.07) is 22.1. The molecule has 6 nitrogen and oxygen atoms in total. The number of carboxylic acids is 1. The van der Waals surface area contributed by atoms with Crippen molar-refractivity contribution in [1.29, 1.82) is 0 Å². The lowest BCUT2D eigenvalue weighted by atomic mass is 10.0. The number of H-pyrrole nitrogens is 1. The second-order valence-electron chi connectivity index (χ2n) is 6.65. The molecule has 0 spiro atoms. The van der Waals surface area contributed by atoms with Crippen LogP contribution in [0, 0.1) is 0 Å². The van der Waals surface area contributed by atoms with Gasteiger partial charge in [-0.05, 0) is 60.7 Å². The molecule has 3 aromatic carbocycles. The fourth-order valence-corrected chi connectivity index (χ4v) is 3.20. The molecule has 1 aromatic heterocycles. The minimum atomic E-state index is -0.959. The van der Waals surface area contributed by atoms with Crippen LogP contribution in [0.1, 0.15) is 10.4 Å². The number of methoxy groups -OCH3 is 2. The van der Waals surface area contributed by atoms with Gasteiger partial charge in [0.15, 0.2) is 0 Å². The SMILES string of the molecule is COc1ccc(-c2nc(-c3ccc(C(=O)O)cc3)[nH]c2-c2ccc(OC)cc2)cc1. The van der Waals surface area contributed by atoms with Crippen LogP contribution in [0.2, 0.25) is 0 Å². The number of hydrogen-bond donors (Lipinski definition) is 2. The van der Waals surface area contributed by atoms with Crippen LogP contribution in [0.25, 0.3) is 33.9 Å². The summed E-state index contributed by atoms with van der Waals surface area (Å²) in [5, 5.41) is 9.13. The maximum Gasteiger partial charge on any atom is 0.335 e. The molecule has 0 aliphatic rings. The largest absolute Gasteiger partial charge is 0.497 e. The number of rotatable bonds is 6. The summed E-state index contributed by atoms with van der Waals surface area (Å²) in [6.07, 6.45) is 0. The Hall–Kier alpha value is -4.06. The van der Waals surface area contributed by atoms with E-state index in [9.17, 15) is 4.79 Å². The lowest BCUT2D eigenvalue weighted by Gasteiger charge is -2.06. The van der Waals surface area contributed by atoms with Crippen LogP contribution in [0.5, 0.6) is 11.5 Å². The van der Waals surface area contributed by atoms with E-state index >= 15 is 0 Å². The minimum absolute atomic E-state index is 0.232. The molecule has 6 heteroatoms. The van der Waals surface area contributed by atoms with Crippen LogP contribution in [0.15, 0.2) is 72.8 Å². The molecule has 4 rings (SSSR count). The van der Waals surface area contributed by atoms with Gasteiger partial charge in [0.05, 0.1) is 31.2 Å². The maximum atomic E-state index is 11.1. The number of carboxylic acid groups (broad SMARTS) is 1. The van der Waals surface area contributed by atoms with Crippen molar-refractivity contribution in [3.05, 3.63) is 78.4 Å². The first-order valence-corrected chi connectivity index (χ1v) is 9.31. The monoisotopic (exact) mass is 400 g/mol. The predicted molar refractivity (Wildman–Crippen MR) is 115 cm³/mol. The Bertz CT molecular complexity index is 1100. The van der Waals surface area contributed by atoms with Gasteiger partial charge in [0.25, 0.3) is 0 Å². The zero-order chi connectivity index (χ0) is 21.1. The molecule has 0 atom stereocenters. The molecule has 0 bridgehead atoms. The van der Waals surface area contributed by atoms with Gasteiger partial charge in [-0.2, -0.15) is 0 Å². The molecule has 0 saturated carbocycles. The van der Waals surface area contributed by atoms with E-state index in [2.05, 4.69) is 4.98 Å². The predicted octanol–water partition coefficient (Wildman–Crippen LogP) is 5.13. The molecule has 4 aromatic rings. The van der Waals surface area contributed by atoms with E-state index in [1.54, 1.807) is 38.5 Å². The summed E-state index contributed by atoms with van der Waals surface area (Å²) >= 11 is 0. The lowest BCUT2D eigenvalue weighted by molar-refractivity contribution is 0.0697. The van der Waals surface area contributed by atoms with Crippen molar-refractivity contribution in [2.45, 2.75) is 0 Å². The number of nitrogens with one attached hydrogen (secondary N) is 1. The van der Waals surface area contributed by atoms with E-state index in [0.29, 0.717) is 5.82 Å². The van der Waals surface area contributed by atoms with Crippen molar-refractivity contribution in [3.8, 4) is 45.4 Å². The number of carbonyl (C=O) groups is 1. The number of imidazole rings is 1. The van der Waals surface area contributed by atoms with Crippen LogP contribution >= 0.6 is 0 Å². The summed E-state index contributed by atoms with van der Waals surface area (Å²) < 4.78 is 10.5. The summed E-state index contributed by atoms with van der Waals surface area (Å²) in [5.74, 6) is 1.24. The molecule has 0 saturated heterocycles. The van der Waals surface area contributed by atoms with Gasteiger partial charge in [0, 0.05) is 16.7 Å². The highest BCUT2D eigenvalue weighted by atomic mass is 16.5. The highest BCUT2D eigenvalue weighted by molar-refractivity contribution is 5.88. The third kappa shape index (κ3) is 3.75. The molecule has 2 N–H and O–H groups in total. The van der Waals surface area contributed by atoms with Gasteiger partial charge < -0.3 is 19.6 Å². The van der Waals surface area contributed by atoms with E-state index in [1.807, 2.05) is 48.5 Å². The Morgan fingerprint density at radius 3 is 1.77 bits per heavy atom. The Morgan fingerprint density at radius 2 is 1.27 bits per heavy atom. The van der Waals surface area contributed by atoms with Gasteiger partial charge in [-0.3, -0.25) is 0 Å². The average Bonchev–Trinajstić information content (AvgIpc) is 3.24. The van der Waals surface area contributed by atoms with Crippen molar-refractivity contribution in [1.82, 2.24) is 9.97 Å². The van der Waals surface area contributed by atoms with Crippen LogP contribution in [-0.4, -0.2) is 35.3 Å². The molecule has 0 aliphatic heterocycles. The second kappa shape index (κ2) is 8.13. The third-order valence-corrected chi connectivity index (χ3v) is 4.85. The Labute approximate surface area is 173 Å². The molecular weight excluding hydrogens is 380 g/mol. The van der Waals surface area contributed by atoms with Crippen molar-refractivity contribution in [2.24, 2.45) is 0 Å². The first-order valence-electron chi connectivity index (χ1n) is 9.31. The van der Waals surface area contributed by atoms with Crippen LogP contribution in [0.3, 0.4) is 0 Å². The van der Waals surface area contributed by atoms with E-state index in [4.69, 9.17) is 19.6 Å². The van der Waals surface area contributed by atoms with Gasteiger partial charge in [-0.1, -0.05) is 12.1 Å². The average molecular weight is 400 g/mol. The van der Waals surface area contributed by atoms with Gasteiger partial charge in [0.1, 0.15) is 17.3 Å². The smallest absolute Gasteiger partial charge is 0.335 e. The zero-order valence-electron chi connectivity index (χ0n) is 16.5. The molecule has 0 aliphatic carbocycles. The van der Waals surface area contributed by atoms with Crippen LogP contribution in [-0.2, 0) is 0 Å². The summed E-state index contributed by atoms with van der Waals surface area (Å²) in [5.41, 5.74) is 4.58. The minimum Gasteiger partial charge on any atom is -0.497 e. The van der Waals surface area contributed by atoms with Gasteiger partial charge in [-0.25, -0.2) is 9.78 Å². The van der Waals surface area contributed by atoms with Gasteiger partial charge >= 0.3 is 5.97 Å². The van der Waals surface area contributed by atoms with Crippen molar-refractivity contribution in [2.75, 3.05) is 14.2 Å². The van der Waals surface area contributed by atoms with E-state index in [0.717, 1.165) is 39.6 Å². The Balaban J connectivity index is 1.82. The van der Waals surface area contributed by atoms with E-state index in [1.165, 1.54) is 0 Å². The molecule has 150 valence electrons. The fourth-order valence-electron chi connectivity index (χ4n) is 3.20. The fraction of sp³-hybridized carbons (Fsp3) is 0.0833. The first kappa shape index (κ1) is 19.3. The maximum absolute atomic E-state index is 11.1. The standard InChI is InChI=1S/C24H20N2O4/c1-29-19-11-7-15(8-12-19)21-22(16-9-13-20(30-2)14-10-16)26-23(25-21)17-3-5-18(6-4-17)24(27)28/h3-14H,1-2H3,(H,25,26)(H,27,28). The van der Waals surface area contributed by atoms with Crippen molar-refractivity contribution < 1.29 is 19.4 Å². The molecule has 0 amide bonds. The Morgan fingerprint density at radius 1 is 0.767 bits per heavy atom. The normalized spacial score (nSPS) is 10.6. The topological polar surface area (TPSA) is 84.4 Å². The van der Waals surface area contributed by atoms with E-state index < -0.39 is 5.97 Å². The van der Waals surface area contributed by atoms with Gasteiger partial charge in [0.2, 0.25) is 0 Å². The number of benzene rings is 3. The third-order valence-electron chi connectivity index (χ3n) is 4.85. The highest BCUT2D eigenvalue weighted by Gasteiger charge is 2.16. The van der Waals surface area contributed by atoms with Crippen LogP contribution in [0.4, 0.5) is 0 Å². The number of hydrogen-bond acceptors (Lipinski definition) is 4. The number of nitrogens with zero attached hydrogens (tertiary/aromatic N) is 1. The summed E-state index contributed by atoms with van der Waals surface area (Å²) in [4.78, 5) is 19.4. The molecule has 0 unspecified atom stereocenters. The van der Waals surface area contributed by atoms with Crippen molar-refractivity contribution in [3.63, 3.8) is 0 Å². The molecule has 30 heavy (non-hydrogen) atoms. The second-order valence-corrected chi connectivity index (χ2v) is 6.65. The number of aromatic nitrogens is 2. The summed E-state index contributed by atoms with van der Waals surface area (Å²) in [6.45, 7) is 0. The van der Waals surface area contributed by atoms with Gasteiger partial charge in [-0.15, -0.1) is 0 Å². The van der Waals surface area contributed by atoms with Crippen LogP contribution < -0.4 is 9.47 Å². The molecule has 0 radical (unpaired) electrons. The highest BCUT2D eigenvalue weighted by Crippen LogP contribution is 2.34. The number of ether oxygens (including phenoxy) is 2. The molecule has 1 heterocycles. The molecular formula is C24H20N2O4. The first-order chi connectivity index (χ1) is 14.6. The Kier molecular flexibility index (Phi) is 5.22. The summed E-state index contributed by atoms with van der Waals surface area (Å²) in [7, 11) is 3.26. The number of aromatic amines is 1. The van der Waals surface area contributed by atoms with Crippen molar-refractivity contribution >= 4 is 5.97 Å². The number of aromatic carboxylic acids is 1. The quantitative estimate of drug-likeness (QED) is 0.469.